The molecule has 2 aromatic heterocycles. The quantitative estimate of drug-likeness (QED) is 0.797. The number of ether oxygens (including phenoxy) is 1. The van der Waals surface area contributed by atoms with E-state index in [1.54, 1.807) is 13.0 Å². The van der Waals surface area contributed by atoms with Gasteiger partial charge in [-0.1, -0.05) is 13.3 Å². The number of rotatable bonds is 4. The van der Waals surface area contributed by atoms with Gasteiger partial charge in [-0.2, -0.15) is 9.97 Å². The molecule has 2 radical (unpaired) electrons. The SMILES string of the molecule is CCCc1cc(O)n[c]n1.CCOC(=O)c1c[nH][c]nc1=O. The molecule has 2 rings (SSSR count). The molecule has 116 valence electrons. The Morgan fingerprint density at radius 2 is 2.14 bits per heavy atom. The molecule has 2 N–H and O–H groups in total. The number of carbonyl (C=O) groups is 1. The van der Waals surface area contributed by atoms with Crippen LogP contribution in [0.1, 0.15) is 36.3 Å². The number of hydrogen-bond acceptors (Lipinski definition) is 7. The lowest BCUT2D eigenvalue weighted by Gasteiger charge is -1.97. The summed E-state index contributed by atoms with van der Waals surface area (Å²) in [5, 5.41) is 8.86. The summed E-state index contributed by atoms with van der Waals surface area (Å²) >= 11 is 0. The number of nitrogens with one attached hydrogen (secondary N) is 1. The molecule has 0 unspecified atom stereocenters. The summed E-state index contributed by atoms with van der Waals surface area (Å²) in [6.45, 7) is 3.95. The summed E-state index contributed by atoms with van der Waals surface area (Å²) in [7, 11) is 0. The van der Waals surface area contributed by atoms with Crippen molar-refractivity contribution in [2.75, 3.05) is 6.61 Å². The van der Waals surface area contributed by atoms with Gasteiger partial charge in [-0.15, -0.1) is 0 Å². The molecule has 0 aliphatic rings. The molecule has 8 nitrogen and oxygen atoms in total. The van der Waals surface area contributed by atoms with Gasteiger partial charge >= 0.3 is 5.97 Å². The molecular formula is C14H16N4O4. The van der Waals surface area contributed by atoms with E-state index in [0.29, 0.717) is 0 Å². The molecule has 2 heterocycles. The molecule has 0 atom stereocenters. The van der Waals surface area contributed by atoms with Gasteiger partial charge in [-0.25, -0.2) is 9.78 Å². The molecule has 0 aliphatic heterocycles. The Bertz CT molecular complexity index is 657. The van der Waals surface area contributed by atoms with Gasteiger partial charge in [0.15, 0.2) is 6.33 Å². The number of H-pyrrole nitrogens is 1. The van der Waals surface area contributed by atoms with E-state index >= 15 is 0 Å². The van der Waals surface area contributed by atoms with E-state index in [2.05, 4.69) is 44.3 Å². The maximum absolute atomic E-state index is 11.0. The van der Waals surface area contributed by atoms with Gasteiger partial charge in [0.05, 0.1) is 6.61 Å². The maximum atomic E-state index is 11.0. The number of aromatic amines is 1. The fourth-order valence-electron chi connectivity index (χ4n) is 1.40. The normalized spacial score (nSPS) is 9.55. The Morgan fingerprint density at radius 3 is 2.73 bits per heavy atom. The minimum Gasteiger partial charge on any atom is -0.493 e. The Hall–Kier alpha value is -2.77. The van der Waals surface area contributed by atoms with Crippen molar-refractivity contribution < 1.29 is 14.6 Å². The smallest absolute Gasteiger partial charge is 0.345 e. The highest BCUT2D eigenvalue weighted by molar-refractivity contribution is 5.88. The first kappa shape index (κ1) is 17.3. The predicted octanol–water partition coefficient (Wildman–Crippen LogP) is 0.682. The third-order valence-corrected chi connectivity index (χ3v) is 2.32. The lowest BCUT2D eigenvalue weighted by molar-refractivity contribution is 0.0523. The molecule has 0 fully saturated rings. The number of aromatic nitrogens is 4. The Morgan fingerprint density at radius 1 is 1.36 bits per heavy atom. The van der Waals surface area contributed by atoms with Crippen LogP contribution in [0.15, 0.2) is 17.1 Å². The summed E-state index contributed by atoms with van der Waals surface area (Å²) in [5.41, 5.74) is 0.109. The maximum Gasteiger partial charge on any atom is 0.345 e. The van der Waals surface area contributed by atoms with E-state index < -0.39 is 11.5 Å². The fourth-order valence-corrected chi connectivity index (χ4v) is 1.40. The van der Waals surface area contributed by atoms with Crippen molar-refractivity contribution in [3.8, 4) is 5.88 Å². The highest BCUT2D eigenvalue weighted by atomic mass is 16.5. The van der Waals surface area contributed by atoms with Gasteiger partial charge in [0.25, 0.3) is 5.56 Å². The highest BCUT2D eigenvalue weighted by Crippen LogP contribution is 2.04. The summed E-state index contributed by atoms with van der Waals surface area (Å²) in [5.74, 6) is -0.668. The van der Waals surface area contributed by atoms with Gasteiger partial charge in [0, 0.05) is 18.0 Å². The van der Waals surface area contributed by atoms with Crippen molar-refractivity contribution in [2.24, 2.45) is 0 Å². The number of aryl methyl sites for hydroxylation is 1. The zero-order chi connectivity index (χ0) is 16.4. The number of aromatic hydroxyl groups is 1. The Kier molecular flexibility index (Phi) is 7.24. The van der Waals surface area contributed by atoms with E-state index in [4.69, 9.17) is 5.11 Å². The summed E-state index contributed by atoms with van der Waals surface area (Å²) in [4.78, 5) is 34.8. The largest absolute Gasteiger partial charge is 0.493 e. The molecule has 8 heteroatoms. The lowest BCUT2D eigenvalue weighted by atomic mass is 10.2. The van der Waals surface area contributed by atoms with E-state index in [-0.39, 0.29) is 18.1 Å². The topological polar surface area (TPSA) is 118 Å². The summed E-state index contributed by atoms with van der Waals surface area (Å²) in [6.07, 6.45) is 7.67. The summed E-state index contributed by atoms with van der Waals surface area (Å²) in [6, 6.07) is 1.56. The fraction of sp³-hybridized carbons (Fsp3) is 0.357. The minimum absolute atomic E-state index is 0.00144. The summed E-state index contributed by atoms with van der Waals surface area (Å²) < 4.78 is 4.60. The van der Waals surface area contributed by atoms with E-state index in [1.807, 2.05) is 0 Å². The van der Waals surface area contributed by atoms with Gasteiger partial charge in [0.2, 0.25) is 12.2 Å². The van der Waals surface area contributed by atoms with Crippen LogP contribution in [-0.4, -0.2) is 37.6 Å². The Balaban J connectivity index is 0.000000224. The second kappa shape index (κ2) is 9.22. The second-order valence-corrected chi connectivity index (χ2v) is 4.02. The number of esters is 1. The van der Waals surface area contributed by atoms with Crippen LogP contribution in [0.25, 0.3) is 0 Å². The number of carbonyl (C=O) groups excluding carboxylic acids is 1. The average Bonchev–Trinajstić information content (AvgIpc) is 2.49. The van der Waals surface area contributed by atoms with E-state index in [9.17, 15) is 9.59 Å². The number of nitrogens with zero attached hydrogens (tertiary/aromatic N) is 3. The average molecular weight is 304 g/mol. The van der Waals surface area contributed by atoms with Crippen molar-refractivity contribution in [3.63, 3.8) is 0 Å². The predicted molar refractivity (Wildman–Crippen MR) is 76.2 cm³/mol. The minimum atomic E-state index is -0.666. The molecule has 0 saturated carbocycles. The van der Waals surface area contributed by atoms with Crippen molar-refractivity contribution in [3.05, 3.63) is 46.5 Å². The van der Waals surface area contributed by atoms with Gasteiger partial charge in [0.1, 0.15) is 5.56 Å². The first-order valence-electron chi connectivity index (χ1n) is 6.64. The second-order valence-electron chi connectivity index (χ2n) is 4.02. The highest BCUT2D eigenvalue weighted by Gasteiger charge is 2.10. The van der Waals surface area contributed by atoms with Crippen molar-refractivity contribution in [1.29, 1.82) is 0 Å². The van der Waals surface area contributed by atoms with Crippen LogP contribution >= 0.6 is 0 Å². The molecular weight excluding hydrogens is 288 g/mol. The van der Waals surface area contributed by atoms with E-state index in [1.165, 1.54) is 6.20 Å². The van der Waals surface area contributed by atoms with Crippen molar-refractivity contribution >= 4 is 5.97 Å². The first-order valence-corrected chi connectivity index (χ1v) is 6.64. The molecule has 2 aromatic rings. The molecule has 22 heavy (non-hydrogen) atoms. The van der Waals surface area contributed by atoms with Gasteiger partial charge < -0.3 is 14.8 Å². The molecule has 0 saturated heterocycles. The zero-order valence-corrected chi connectivity index (χ0v) is 12.3. The van der Waals surface area contributed by atoms with Crippen LogP contribution < -0.4 is 5.56 Å². The Labute approximate surface area is 127 Å². The third-order valence-electron chi connectivity index (χ3n) is 2.32. The molecule has 0 aliphatic carbocycles. The third kappa shape index (κ3) is 5.70. The van der Waals surface area contributed by atoms with Crippen LogP contribution in [0, 0.1) is 12.7 Å². The van der Waals surface area contributed by atoms with Crippen LogP contribution in [0.5, 0.6) is 5.88 Å². The van der Waals surface area contributed by atoms with Crippen LogP contribution in [-0.2, 0) is 11.2 Å². The van der Waals surface area contributed by atoms with Crippen molar-refractivity contribution in [2.45, 2.75) is 26.7 Å². The molecule has 0 bridgehead atoms. The van der Waals surface area contributed by atoms with Crippen LogP contribution in [0.2, 0.25) is 0 Å². The molecule has 0 aromatic carbocycles. The molecule has 0 amide bonds. The zero-order valence-electron chi connectivity index (χ0n) is 12.3. The lowest BCUT2D eigenvalue weighted by Crippen LogP contribution is -2.19. The first-order chi connectivity index (χ1) is 10.6. The van der Waals surface area contributed by atoms with Crippen molar-refractivity contribution in [1.82, 2.24) is 19.9 Å². The van der Waals surface area contributed by atoms with E-state index in [0.717, 1.165) is 18.5 Å². The monoisotopic (exact) mass is 304 g/mol. The van der Waals surface area contributed by atoms with Gasteiger partial charge in [-0.05, 0) is 13.3 Å². The molecule has 0 spiro atoms. The number of hydrogen-bond donors (Lipinski definition) is 2. The van der Waals surface area contributed by atoms with Crippen LogP contribution in [0.3, 0.4) is 0 Å². The standard InChI is InChI=1S/C7H7N2O3.C7H9N2O/c1-2-12-7(11)5-3-8-4-9-6(5)10;1-2-3-6-4-7(10)9-5-8-6/h3H,2H2,1H3,(H,8,9,10);4H,2-3H2,1H3,(H,8,9,10). The van der Waals surface area contributed by atoms with Crippen LogP contribution in [0.4, 0.5) is 0 Å². The van der Waals surface area contributed by atoms with Gasteiger partial charge in [-0.3, -0.25) is 4.79 Å².